The minimum Gasteiger partial charge on any atom is -0.508 e. The van der Waals surface area contributed by atoms with E-state index in [-0.39, 0.29) is 25.2 Å². The van der Waals surface area contributed by atoms with Crippen molar-refractivity contribution >= 4 is 23.8 Å². The van der Waals surface area contributed by atoms with Crippen molar-refractivity contribution in [3.63, 3.8) is 0 Å². The summed E-state index contributed by atoms with van der Waals surface area (Å²) in [7, 11) is 3.70. The molecule has 2 amide bonds. The molecule has 0 aliphatic heterocycles. The molecule has 0 aliphatic rings. The minimum absolute atomic E-state index is 0.0766. The highest BCUT2D eigenvalue weighted by molar-refractivity contribution is 6.32. The van der Waals surface area contributed by atoms with Crippen molar-refractivity contribution in [3.05, 3.63) is 29.8 Å². The maximum atomic E-state index is 12.1. The third-order valence-electron chi connectivity index (χ3n) is 3.76. The van der Waals surface area contributed by atoms with Gasteiger partial charge in [-0.3, -0.25) is 19.2 Å². The Hall–Kier alpha value is -3.14. The predicted octanol–water partition coefficient (Wildman–Crippen LogP) is -0.0643. The quantitative estimate of drug-likeness (QED) is 0.337. The zero-order chi connectivity index (χ0) is 21.1. The number of hydrogen-bond acceptors (Lipinski definition) is 8. The molecule has 0 spiro atoms. The van der Waals surface area contributed by atoms with Crippen molar-refractivity contribution in [1.29, 1.82) is 0 Å². The summed E-state index contributed by atoms with van der Waals surface area (Å²) in [4.78, 5) is 51.8. The lowest BCUT2D eigenvalue weighted by molar-refractivity contribution is -0.169. The monoisotopic (exact) mass is 396 g/mol. The van der Waals surface area contributed by atoms with Crippen LogP contribution >= 0.6 is 0 Å². The van der Waals surface area contributed by atoms with Gasteiger partial charge in [0, 0.05) is 25.9 Å². The number of phenols is 1. The maximum absolute atomic E-state index is 12.1. The zero-order valence-corrected chi connectivity index (χ0v) is 16.0. The molecule has 1 atom stereocenters. The van der Waals surface area contributed by atoms with Gasteiger partial charge in [0.15, 0.2) is 0 Å². The first kappa shape index (κ1) is 22.9. The molecule has 0 aromatic heterocycles. The Morgan fingerprint density at radius 1 is 1.11 bits per heavy atom. The molecule has 0 aliphatic carbocycles. The summed E-state index contributed by atoms with van der Waals surface area (Å²) in [6, 6.07) is 5.46. The van der Waals surface area contributed by atoms with Crippen molar-refractivity contribution in [1.82, 2.24) is 10.4 Å². The SMILES string of the molecule is COC(=O)C(=O)N[C@H](CC(=O)OCCc1ccc(O)cc1)CC(=O)N(C)OC. The molecule has 0 unspecified atom stereocenters. The molecule has 0 saturated carbocycles. The van der Waals surface area contributed by atoms with Gasteiger partial charge in [-0.1, -0.05) is 12.1 Å². The Morgan fingerprint density at radius 2 is 1.75 bits per heavy atom. The van der Waals surface area contributed by atoms with E-state index >= 15 is 0 Å². The van der Waals surface area contributed by atoms with Gasteiger partial charge in [0.25, 0.3) is 0 Å². The summed E-state index contributed by atoms with van der Waals surface area (Å²) in [5, 5.41) is 12.5. The van der Waals surface area contributed by atoms with E-state index in [4.69, 9.17) is 9.57 Å². The Labute approximate surface area is 162 Å². The Bertz CT molecular complexity index is 689. The molecular formula is C18H24N2O8. The molecule has 0 heterocycles. The van der Waals surface area contributed by atoms with Crippen LogP contribution in [0.1, 0.15) is 18.4 Å². The number of aromatic hydroxyl groups is 1. The summed E-state index contributed by atoms with van der Waals surface area (Å²) in [5.41, 5.74) is 0.859. The number of ether oxygens (including phenoxy) is 2. The van der Waals surface area contributed by atoms with Crippen LogP contribution in [0.5, 0.6) is 5.75 Å². The van der Waals surface area contributed by atoms with Crippen molar-refractivity contribution in [2.75, 3.05) is 27.9 Å². The second-order valence-corrected chi connectivity index (χ2v) is 5.78. The van der Waals surface area contributed by atoms with E-state index in [0.29, 0.717) is 6.42 Å². The first-order valence-corrected chi connectivity index (χ1v) is 8.39. The number of methoxy groups -OCH3 is 1. The summed E-state index contributed by atoms with van der Waals surface area (Å²) in [6.45, 7) is 0.0766. The molecule has 0 bridgehead atoms. The Morgan fingerprint density at radius 3 is 2.32 bits per heavy atom. The van der Waals surface area contributed by atoms with Gasteiger partial charge in [-0.2, -0.15) is 0 Å². The number of nitrogens with zero attached hydrogens (tertiary/aromatic N) is 1. The average Bonchev–Trinajstić information content (AvgIpc) is 2.67. The van der Waals surface area contributed by atoms with E-state index in [0.717, 1.165) is 17.7 Å². The average molecular weight is 396 g/mol. The normalized spacial score (nSPS) is 11.2. The number of hydroxylamine groups is 2. The van der Waals surface area contributed by atoms with E-state index in [1.54, 1.807) is 12.1 Å². The fourth-order valence-corrected chi connectivity index (χ4v) is 2.16. The van der Waals surface area contributed by atoms with Crippen LogP contribution in [-0.4, -0.2) is 67.8 Å². The first-order chi connectivity index (χ1) is 13.3. The number of esters is 2. The molecule has 0 radical (unpaired) electrons. The van der Waals surface area contributed by atoms with E-state index in [9.17, 15) is 24.3 Å². The number of phenolic OH excluding ortho intramolecular Hbond substituents is 1. The number of carbonyl (C=O) groups excluding carboxylic acids is 4. The van der Waals surface area contributed by atoms with Gasteiger partial charge in [-0.25, -0.2) is 9.86 Å². The summed E-state index contributed by atoms with van der Waals surface area (Å²) in [6.07, 6.45) is -0.168. The van der Waals surface area contributed by atoms with Crippen LogP contribution in [0, 0.1) is 0 Å². The molecule has 154 valence electrons. The van der Waals surface area contributed by atoms with Gasteiger partial charge in [0.2, 0.25) is 5.91 Å². The summed E-state index contributed by atoms with van der Waals surface area (Å²) < 4.78 is 9.43. The van der Waals surface area contributed by atoms with Crippen molar-refractivity contribution < 1.29 is 38.6 Å². The first-order valence-electron chi connectivity index (χ1n) is 8.39. The molecule has 28 heavy (non-hydrogen) atoms. The van der Waals surface area contributed by atoms with Crippen LogP contribution in [-0.2, 0) is 39.9 Å². The van der Waals surface area contributed by atoms with Crippen molar-refractivity contribution in [2.45, 2.75) is 25.3 Å². The molecule has 0 fully saturated rings. The lowest BCUT2D eigenvalue weighted by Crippen LogP contribution is -2.44. The summed E-state index contributed by atoms with van der Waals surface area (Å²) >= 11 is 0. The topological polar surface area (TPSA) is 131 Å². The van der Waals surface area contributed by atoms with Gasteiger partial charge in [-0.15, -0.1) is 0 Å². The van der Waals surface area contributed by atoms with E-state index < -0.39 is 29.8 Å². The smallest absolute Gasteiger partial charge is 0.396 e. The second kappa shape index (κ2) is 11.5. The molecule has 10 nitrogen and oxygen atoms in total. The van der Waals surface area contributed by atoms with E-state index in [1.165, 1.54) is 26.3 Å². The standard InChI is InChI=1S/C18H24N2O8/c1-20(27-3)15(22)10-13(19-17(24)18(25)26-2)11-16(23)28-9-8-12-4-6-14(21)7-5-12/h4-7,13,21H,8-11H2,1-3H3,(H,19,24)/t13-/m0/s1. The maximum Gasteiger partial charge on any atom is 0.396 e. The highest BCUT2D eigenvalue weighted by Crippen LogP contribution is 2.10. The highest BCUT2D eigenvalue weighted by Gasteiger charge is 2.25. The van der Waals surface area contributed by atoms with Crippen LogP contribution in [0.3, 0.4) is 0 Å². The number of amides is 2. The van der Waals surface area contributed by atoms with Gasteiger partial charge < -0.3 is 19.9 Å². The van der Waals surface area contributed by atoms with Crippen LogP contribution in [0.25, 0.3) is 0 Å². The molecule has 1 aromatic rings. The lowest BCUT2D eigenvalue weighted by atomic mass is 10.1. The molecular weight excluding hydrogens is 372 g/mol. The second-order valence-electron chi connectivity index (χ2n) is 5.78. The third kappa shape index (κ3) is 8.04. The summed E-state index contributed by atoms with van der Waals surface area (Å²) in [5.74, 6) is -3.23. The van der Waals surface area contributed by atoms with Gasteiger partial charge >= 0.3 is 17.8 Å². The molecule has 2 N–H and O–H groups in total. The van der Waals surface area contributed by atoms with Crippen molar-refractivity contribution in [3.8, 4) is 5.75 Å². The van der Waals surface area contributed by atoms with Crippen LogP contribution in [0.15, 0.2) is 24.3 Å². The largest absolute Gasteiger partial charge is 0.508 e. The molecule has 10 heteroatoms. The third-order valence-corrected chi connectivity index (χ3v) is 3.76. The van der Waals surface area contributed by atoms with E-state index in [2.05, 4.69) is 10.1 Å². The number of benzene rings is 1. The van der Waals surface area contributed by atoms with Crippen LogP contribution < -0.4 is 5.32 Å². The molecule has 1 aromatic carbocycles. The number of nitrogens with one attached hydrogen (secondary N) is 1. The van der Waals surface area contributed by atoms with Gasteiger partial charge in [0.1, 0.15) is 5.75 Å². The number of rotatable bonds is 9. The number of hydrogen-bond donors (Lipinski definition) is 2. The van der Waals surface area contributed by atoms with Gasteiger partial charge in [-0.05, 0) is 17.7 Å². The Kier molecular flexibility index (Phi) is 9.44. The zero-order valence-electron chi connectivity index (χ0n) is 16.0. The Balaban J connectivity index is 2.60. The lowest BCUT2D eigenvalue weighted by Gasteiger charge is -2.20. The fraction of sp³-hybridized carbons (Fsp3) is 0.444. The highest BCUT2D eigenvalue weighted by atomic mass is 16.7. The fourth-order valence-electron chi connectivity index (χ4n) is 2.16. The number of carbonyl (C=O) groups is 4. The van der Waals surface area contributed by atoms with Crippen LogP contribution in [0.4, 0.5) is 0 Å². The van der Waals surface area contributed by atoms with Crippen LogP contribution in [0.2, 0.25) is 0 Å². The minimum atomic E-state index is -1.14. The predicted molar refractivity (Wildman–Crippen MR) is 95.7 cm³/mol. The molecule has 0 saturated heterocycles. The van der Waals surface area contributed by atoms with E-state index in [1.807, 2.05) is 0 Å². The van der Waals surface area contributed by atoms with Gasteiger partial charge in [0.05, 0.1) is 27.2 Å². The molecule has 1 rings (SSSR count). The van der Waals surface area contributed by atoms with Crippen molar-refractivity contribution in [2.24, 2.45) is 0 Å².